The average molecular weight is 449 g/mol. The highest BCUT2D eigenvalue weighted by atomic mass is 32.1. The van der Waals surface area contributed by atoms with Gasteiger partial charge in [0.05, 0.1) is 13.7 Å². The predicted octanol–water partition coefficient (Wildman–Crippen LogP) is 4.67. The molecule has 0 bridgehead atoms. The van der Waals surface area contributed by atoms with Crippen molar-refractivity contribution < 1.29 is 4.74 Å². The number of thiocarbonyl (C=S) groups is 1. The molecule has 0 saturated carbocycles. The van der Waals surface area contributed by atoms with Crippen LogP contribution in [0.5, 0.6) is 5.75 Å². The molecule has 1 heterocycles. The Bertz CT molecular complexity index is 1090. The molecule has 1 aromatic heterocycles. The number of aliphatic imine (C=N–C) groups is 1. The topological polar surface area (TPSA) is 83.5 Å². The van der Waals surface area contributed by atoms with Gasteiger partial charge in [-0.1, -0.05) is 18.2 Å². The third kappa shape index (κ3) is 7.02. The molecular formula is C24H28N6OS. The van der Waals surface area contributed by atoms with Gasteiger partial charge in [-0.2, -0.15) is 0 Å². The summed E-state index contributed by atoms with van der Waals surface area (Å²) in [5.41, 5.74) is 5.99. The molecule has 3 rings (SSSR count). The number of hydrogen-bond donors (Lipinski definition) is 3. The molecule has 32 heavy (non-hydrogen) atoms. The third-order valence-electron chi connectivity index (χ3n) is 4.50. The number of guanidine groups is 1. The number of aryl methyl sites for hydroxylation is 4. The molecule has 8 heteroatoms. The lowest BCUT2D eigenvalue weighted by Crippen LogP contribution is -2.39. The van der Waals surface area contributed by atoms with Crippen molar-refractivity contribution >= 4 is 34.9 Å². The lowest BCUT2D eigenvalue weighted by atomic mass is 10.1. The zero-order valence-corrected chi connectivity index (χ0v) is 19.8. The molecule has 0 atom stereocenters. The van der Waals surface area contributed by atoms with Gasteiger partial charge in [-0.15, -0.1) is 0 Å². The summed E-state index contributed by atoms with van der Waals surface area (Å²) in [6.07, 6.45) is 0. The Labute approximate surface area is 194 Å². The van der Waals surface area contributed by atoms with E-state index in [-0.39, 0.29) is 0 Å². The van der Waals surface area contributed by atoms with Crippen LogP contribution in [0.25, 0.3) is 0 Å². The molecule has 0 aliphatic heterocycles. The number of benzene rings is 2. The van der Waals surface area contributed by atoms with Crippen LogP contribution < -0.4 is 20.7 Å². The number of nitrogens with one attached hydrogen (secondary N) is 3. The minimum Gasteiger partial charge on any atom is -0.497 e. The van der Waals surface area contributed by atoms with E-state index in [0.29, 0.717) is 23.6 Å². The highest BCUT2D eigenvalue weighted by Crippen LogP contribution is 2.14. The molecule has 0 saturated heterocycles. The lowest BCUT2D eigenvalue weighted by Gasteiger charge is -2.15. The van der Waals surface area contributed by atoms with E-state index in [2.05, 4.69) is 50.8 Å². The lowest BCUT2D eigenvalue weighted by molar-refractivity contribution is 0.414. The van der Waals surface area contributed by atoms with Crippen molar-refractivity contribution in [2.45, 2.75) is 34.2 Å². The monoisotopic (exact) mass is 448 g/mol. The Kier molecular flexibility index (Phi) is 7.72. The molecule has 7 nitrogen and oxygen atoms in total. The van der Waals surface area contributed by atoms with Crippen LogP contribution in [0.4, 0.5) is 11.6 Å². The van der Waals surface area contributed by atoms with Gasteiger partial charge in [0.1, 0.15) is 5.75 Å². The molecule has 0 aliphatic rings. The molecule has 0 unspecified atom stereocenters. The fraction of sp³-hybridized carbons (Fsp3) is 0.250. The summed E-state index contributed by atoms with van der Waals surface area (Å²) in [6, 6.07) is 15.9. The van der Waals surface area contributed by atoms with E-state index < -0.39 is 0 Å². The first-order chi connectivity index (χ1) is 15.3. The van der Waals surface area contributed by atoms with E-state index in [0.717, 1.165) is 39.5 Å². The van der Waals surface area contributed by atoms with Crippen LogP contribution >= 0.6 is 12.2 Å². The van der Waals surface area contributed by atoms with E-state index in [1.807, 2.05) is 56.3 Å². The Morgan fingerprint density at radius 2 is 1.53 bits per heavy atom. The fourth-order valence-corrected chi connectivity index (χ4v) is 3.43. The molecule has 0 spiro atoms. The van der Waals surface area contributed by atoms with Crippen molar-refractivity contribution in [3.8, 4) is 5.75 Å². The van der Waals surface area contributed by atoms with Crippen LogP contribution in [-0.4, -0.2) is 28.1 Å². The first-order valence-electron chi connectivity index (χ1n) is 10.2. The van der Waals surface area contributed by atoms with Gasteiger partial charge in [-0.25, -0.2) is 15.0 Å². The van der Waals surface area contributed by atoms with Crippen molar-refractivity contribution in [2.24, 2.45) is 4.99 Å². The van der Waals surface area contributed by atoms with Gasteiger partial charge < -0.3 is 15.4 Å². The SMILES string of the molecule is COc1ccc(CN=C(NC(=S)Nc2cc(C)cc(C)c2)Nc2nc(C)cc(C)n2)cc1. The summed E-state index contributed by atoms with van der Waals surface area (Å²) in [7, 11) is 1.65. The fourth-order valence-electron chi connectivity index (χ4n) is 3.22. The third-order valence-corrected chi connectivity index (χ3v) is 4.71. The number of rotatable bonds is 5. The van der Waals surface area contributed by atoms with Gasteiger partial charge in [0, 0.05) is 17.1 Å². The first-order valence-corrected chi connectivity index (χ1v) is 10.6. The first kappa shape index (κ1) is 23.1. The Balaban J connectivity index is 1.78. The molecule has 0 radical (unpaired) electrons. The highest BCUT2D eigenvalue weighted by Gasteiger charge is 2.08. The molecule has 2 aromatic carbocycles. The minimum absolute atomic E-state index is 0.417. The van der Waals surface area contributed by atoms with Gasteiger partial charge in [-0.3, -0.25) is 5.32 Å². The zero-order chi connectivity index (χ0) is 23.1. The van der Waals surface area contributed by atoms with E-state index >= 15 is 0 Å². The largest absolute Gasteiger partial charge is 0.497 e. The Morgan fingerprint density at radius 3 is 2.12 bits per heavy atom. The van der Waals surface area contributed by atoms with E-state index in [1.54, 1.807) is 7.11 Å². The van der Waals surface area contributed by atoms with Crippen LogP contribution in [0.2, 0.25) is 0 Å². The van der Waals surface area contributed by atoms with E-state index in [9.17, 15) is 0 Å². The van der Waals surface area contributed by atoms with E-state index in [1.165, 1.54) is 0 Å². The van der Waals surface area contributed by atoms with E-state index in [4.69, 9.17) is 17.0 Å². The highest BCUT2D eigenvalue weighted by molar-refractivity contribution is 7.80. The molecule has 3 aromatic rings. The summed E-state index contributed by atoms with van der Waals surface area (Å²) in [5, 5.41) is 9.93. The summed E-state index contributed by atoms with van der Waals surface area (Å²) in [4.78, 5) is 13.6. The molecular weight excluding hydrogens is 420 g/mol. The smallest absolute Gasteiger partial charge is 0.229 e. The normalized spacial score (nSPS) is 11.1. The number of aromatic nitrogens is 2. The van der Waals surface area contributed by atoms with Crippen molar-refractivity contribution in [1.82, 2.24) is 15.3 Å². The number of nitrogens with zero attached hydrogens (tertiary/aromatic N) is 3. The number of methoxy groups -OCH3 is 1. The van der Waals surface area contributed by atoms with Crippen LogP contribution in [0, 0.1) is 27.7 Å². The van der Waals surface area contributed by atoms with Crippen LogP contribution in [0.3, 0.4) is 0 Å². The van der Waals surface area contributed by atoms with Gasteiger partial charge in [0.2, 0.25) is 11.9 Å². The molecule has 0 amide bonds. The van der Waals surface area contributed by atoms with Gasteiger partial charge in [-0.05, 0) is 86.9 Å². The predicted molar refractivity (Wildman–Crippen MR) is 135 cm³/mol. The maximum absolute atomic E-state index is 5.53. The second-order valence-corrected chi connectivity index (χ2v) is 7.98. The summed E-state index contributed by atoms with van der Waals surface area (Å²) in [5.74, 6) is 1.71. The minimum atomic E-state index is 0.417. The Hall–Kier alpha value is -3.52. The van der Waals surface area contributed by atoms with Crippen LogP contribution in [0.15, 0.2) is 53.5 Å². The second kappa shape index (κ2) is 10.7. The van der Waals surface area contributed by atoms with Gasteiger partial charge in [0.25, 0.3) is 0 Å². The number of ether oxygens (including phenoxy) is 1. The van der Waals surface area contributed by atoms with Crippen molar-refractivity contribution in [3.05, 3.63) is 76.6 Å². The molecule has 0 fully saturated rings. The van der Waals surface area contributed by atoms with Crippen molar-refractivity contribution in [3.63, 3.8) is 0 Å². The Morgan fingerprint density at radius 1 is 0.906 bits per heavy atom. The maximum atomic E-state index is 5.53. The number of anilines is 2. The summed E-state index contributed by atoms with van der Waals surface area (Å²) >= 11 is 5.53. The summed E-state index contributed by atoms with van der Waals surface area (Å²) < 4.78 is 5.22. The maximum Gasteiger partial charge on any atom is 0.229 e. The summed E-state index contributed by atoms with van der Waals surface area (Å²) in [6.45, 7) is 8.39. The standard InChI is InChI=1S/C24H28N6OS/c1-15-10-16(2)12-20(11-15)28-24(32)30-22(29-23-26-17(3)13-18(4)27-23)25-14-19-6-8-21(31-5)9-7-19/h6-13H,14H2,1-5H3,(H3,25,26,27,28,29,30,32). The van der Waals surface area contributed by atoms with Crippen LogP contribution in [-0.2, 0) is 6.54 Å². The van der Waals surface area contributed by atoms with Gasteiger partial charge in [0.15, 0.2) is 5.11 Å². The number of hydrogen-bond acceptors (Lipinski definition) is 5. The molecule has 0 aliphatic carbocycles. The van der Waals surface area contributed by atoms with Gasteiger partial charge >= 0.3 is 0 Å². The van der Waals surface area contributed by atoms with Crippen molar-refractivity contribution in [2.75, 3.05) is 17.7 Å². The quantitative estimate of drug-likeness (QED) is 0.297. The van der Waals surface area contributed by atoms with Crippen molar-refractivity contribution in [1.29, 1.82) is 0 Å². The average Bonchev–Trinajstić information content (AvgIpc) is 2.70. The molecule has 166 valence electrons. The zero-order valence-electron chi connectivity index (χ0n) is 19.0. The van der Waals surface area contributed by atoms with Crippen LogP contribution in [0.1, 0.15) is 28.1 Å². The molecule has 3 N–H and O–H groups in total. The second-order valence-electron chi connectivity index (χ2n) is 7.57.